The molecule has 1 aliphatic heterocycles. The number of hydrogen-bond acceptors (Lipinski definition) is 5. The van der Waals surface area contributed by atoms with Gasteiger partial charge in [0, 0.05) is 62.4 Å². The maximum atomic E-state index is 14.6. The molecule has 4 rings (SSSR count). The smallest absolute Gasteiger partial charge is 0.375 e. The average Bonchev–Trinajstić information content (AvgIpc) is 3.22. The van der Waals surface area contributed by atoms with Crippen LogP contribution in [-0.4, -0.2) is 70.2 Å². The number of amides is 1. The molecular formula is C26H29F3N4O4. The van der Waals surface area contributed by atoms with Gasteiger partial charge < -0.3 is 14.6 Å². The molecule has 3 aromatic rings. The van der Waals surface area contributed by atoms with Crippen LogP contribution in [0.5, 0.6) is 0 Å². The lowest BCUT2D eigenvalue weighted by molar-refractivity contribution is -0.384. The number of halogens is 3. The normalized spacial score (nSPS) is 17.0. The summed E-state index contributed by atoms with van der Waals surface area (Å²) in [6.07, 6.45) is -2.98. The Balaban J connectivity index is 1.73. The molecule has 1 atom stereocenters. The maximum Gasteiger partial charge on any atom is 0.422 e. The van der Waals surface area contributed by atoms with Gasteiger partial charge in [0.15, 0.2) is 0 Å². The summed E-state index contributed by atoms with van der Waals surface area (Å²) in [5.41, 5.74) is -2.81. The number of β-amino-alcohol motifs (C(OH)–C–C–N with tert-alkyl or cyclic N) is 1. The fourth-order valence-electron chi connectivity index (χ4n) is 4.99. The van der Waals surface area contributed by atoms with Crippen molar-refractivity contribution in [2.75, 3.05) is 33.7 Å². The molecule has 11 heteroatoms. The number of non-ortho nitro benzene ring substituents is 1. The number of nitro benzene ring substituents is 1. The molecule has 1 unspecified atom stereocenters. The van der Waals surface area contributed by atoms with Gasteiger partial charge in [-0.2, -0.15) is 13.2 Å². The molecule has 0 saturated carbocycles. The lowest BCUT2D eigenvalue weighted by atomic mass is 9.89. The number of likely N-dealkylation sites (tertiary alicyclic amines) is 1. The SMILES string of the molecule is CN(C)C(=O)C1CCN(CC(O)(c2cn(Cc3ccccc3)c3cc([N+](=O)[O-])ccc23)C(F)(F)F)CC1. The van der Waals surface area contributed by atoms with E-state index >= 15 is 0 Å². The lowest BCUT2D eigenvalue weighted by Crippen LogP contribution is -2.53. The summed E-state index contributed by atoms with van der Waals surface area (Å²) in [5.74, 6) is -0.324. The van der Waals surface area contributed by atoms with E-state index < -0.39 is 23.2 Å². The van der Waals surface area contributed by atoms with E-state index in [1.54, 1.807) is 38.4 Å². The first-order chi connectivity index (χ1) is 17.4. The number of aliphatic hydroxyl groups is 1. The van der Waals surface area contributed by atoms with Gasteiger partial charge in [-0.05, 0) is 37.6 Å². The first kappa shape index (κ1) is 26.6. The molecule has 198 valence electrons. The molecule has 2 heterocycles. The number of aromatic nitrogens is 1. The van der Waals surface area contributed by atoms with Crippen molar-refractivity contribution >= 4 is 22.5 Å². The number of rotatable bonds is 7. The Hall–Kier alpha value is -3.44. The van der Waals surface area contributed by atoms with Crippen LogP contribution < -0.4 is 0 Å². The fourth-order valence-corrected chi connectivity index (χ4v) is 4.99. The molecule has 1 N–H and O–H groups in total. The number of nitro groups is 1. The zero-order chi connectivity index (χ0) is 27.0. The van der Waals surface area contributed by atoms with E-state index in [9.17, 15) is 33.2 Å². The lowest BCUT2D eigenvalue weighted by Gasteiger charge is -2.39. The minimum atomic E-state index is -5.02. The molecule has 1 saturated heterocycles. The molecule has 0 radical (unpaired) electrons. The van der Waals surface area contributed by atoms with Crippen molar-refractivity contribution in [2.45, 2.75) is 31.2 Å². The molecule has 0 spiro atoms. The van der Waals surface area contributed by atoms with E-state index in [1.165, 1.54) is 32.7 Å². The van der Waals surface area contributed by atoms with E-state index in [1.807, 2.05) is 6.07 Å². The molecule has 1 aromatic heterocycles. The van der Waals surface area contributed by atoms with Gasteiger partial charge in [-0.1, -0.05) is 30.3 Å². The van der Waals surface area contributed by atoms with Crippen LogP contribution in [0.15, 0.2) is 54.7 Å². The van der Waals surface area contributed by atoms with Crippen LogP contribution in [0.4, 0.5) is 18.9 Å². The van der Waals surface area contributed by atoms with Gasteiger partial charge in [0.1, 0.15) is 0 Å². The third-order valence-corrected chi connectivity index (χ3v) is 7.02. The van der Waals surface area contributed by atoms with Crippen LogP contribution in [0.1, 0.15) is 24.0 Å². The van der Waals surface area contributed by atoms with Crippen LogP contribution in [0.25, 0.3) is 10.9 Å². The Morgan fingerprint density at radius 3 is 2.35 bits per heavy atom. The van der Waals surface area contributed by atoms with Crippen LogP contribution in [0, 0.1) is 16.0 Å². The second-order valence-corrected chi connectivity index (χ2v) is 9.76. The summed E-state index contributed by atoms with van der Waals surface area (Å²) < 4.78 is 45.2. The molecule has 0 bridgehead atoms. The van der Waals surface area contributed by atoms with Gasteiger partial charge in [0.05, 0.1) is 10.4 Å². The predicted molar refractivity (Wildman–Crippen MR) is 132 cm³/mol. The van der Waals surface area contributed by atoms with Crippen molar-refractivity contribution in [1.82, 2.24) is 14.4 Å². The minimum Gasteiger partial charge on any atom is -0.375 e. The molecule has 0 aliphatic carbocycles. The maximum absolute atomic E-state index is 14.6. The number of carbonyl (C=O) groups excluding carboxylic acids is 1. The van der Waals surface area contributed by atoms with Gasteiger partial charge in [-0.3, -0.25) is 19.8 Å². The van der Waals surface area contributed by atoms with Crippen LogP contribution in [-0.2, 0) is 16.9 Å². The number of nitrogens with zero attached hydrogens (tertiary/aromatic N) is 4. The van der Waals surface area contributed by atoms with E-state index in [-0.39, 0.29) is 53.6 Å². The monoisotopic (exact) mass is 518 g/mol. The molecule has 2 aromatic carbocycles. The summed E-state index contributed by atoms with van der Waals surface area (Å²) in [6, 6.07) is 12.6. The quantitative estimate of drug-likeness (QED) is 0.375. The van der Waals surface area contributed by atoms with E-state index in [2.05, 4.69) is 0 Å². The zero-order valence-electron chi connectivity index (χ0n) is 20.6. The predicted octanol–water partition coefficient (Wildman–Crippen LogP) is 4.15. The summed E-state index contributed by atoms with van der Waals surface area (Å²) in [5, 5.41) is 22.8. The van der Waals surface area contributed by atoms with E-state index in [0.717, 1.165) is 11.6 Å². The molecular weight excluding hydrogens is 489 g/mol. The Morgan fingerprint density at radius 1 is 1.14 bits per heavy atom. The second-order valence-electron chi connectivity index (χ2n) is 9.76. The highest BCUT2D eigenvalue weighted by Crippen LogP contribution is 2.44. The van der Waals surface area contributed by atoms with Crippen molar-refractivity contribution in [3.63, 3.8) is 0 Å². The Kier molecular flexibility index (Phi) is 7.29. The van der Waals surface area contributed by atoms with Gasteiger partial charge >= 0.3 is 6.18 Å². The van der Waals surface area contributed by atoms with Gasteiger partial charge in [0.2, 0.25) is 11.5 Å². The summed E-state index contributed by atoms with van der Waals surface area (Å²) in [4.78, 5) is 26.1. The number of alkyl halides is 3. The zero-order valence-corrected chi connectivity index (χ0v) is 20.6. The standard InChI is InChI=1S/C26H29F3N4O4/c1-30(2)24(34)19-10-12-31(13-11-19)17-25(35,26(27,28)29)22-16-32(15-18-6-4-3-5-7-18)23-14-20(33(36)37)8-9-21(22)23/h3-9,14,16,19,35H,10-13,15,17H2,1-2H3. The largest absolute Gasteiger partial charge is 0.422 e. The van der Waals surface area contributed by atoms with Crippen LogP contribution in [0.2, 0.25) is 0 Å². The number of benzene rings is 2. The summed E-state index contributed by atoms with van der Waals surface area (Å²) in [6.45, 7) is -0.0706. The van der Waals surface area contributed by atoms with Crippen molar-refractivity contribution in [1.29, 1.82) is 0 Å². The van der Waals surface area contributed by atoms with Crippen LogP contribution >= 0.6 is 0 Å². The third kappa shape index (κ3) is 5.33. The second kappa shape index (κ2) is 10.1. The number of hydrogen-bond donors (Lipinski definition) is 1. The highest BCUT2D eigenvalue weighted by Gasteiger charge is 2.57. The first-order valence-corrected chi connectivity index (χ1v) is 11.9. The van der Waals surface area contributed by atoms with Crippen molar-refractivity contribution in [3.8, 4) is 0 Å². The topological polar surface area (TPSA) is 91.8 Å². The fraction of sp³-hybridized carbons (Fsp3) is 0.423. The van der Waals surface area contributed by atoms with E-state index in [0.29, 0.717) is 12.8 Å². The number of fused-ring (bicyclic) bond motifs is 1. The van der Waals surface area contributed by atoms with Gasteiger partial charge in [-0.25, -0.2) is 0 Å². The summed E-state index contributed by atoms with van der Waals surface area (Å²) >= 11 is 0. The van der Waals surface area contributed by atoms with Crippen molar-refractivity contribution in [3.05, 3.63) is 76.0 Å². The molecule has 1 fully saturated rings. The Bertz CT molecular complexity index is 1280. The molecule has 37 heavy (non-hydrogen) atoms. The minimum absolute atomic E-state index is 0.0590. The molecule has 1 aliphatic rings. The third-order valence-electron chi connectivity index (χ3n) is 7.02. The highest BCUT2D eigenvalue weighted by atomic mass is 19.4. The van der Waals surface area contributed by atoms with Crippen molar-refractivity contribution in [2.24, 2.45) is 5.92 Å². The first-order valence-electron chi connectivity index (χ1n) is 11.9. The molecule has 1 amide bonds. The molecule has 8 nitrogen and oxygen atoms in total. The Labute approximate surface area is 212 Å². The van der Waals surface area contributed by atoms with Crippen LogP contribution in [0.3, 0.4) is 0 Å². The average molecular weight is 519 g/mol. The van der Waals surface area contributed by atoms with Gasteiger partial charge in [0.25, 0.3) is 5.69 Å². The highest BCUT2D eigenvalue weighted by molar-refractivity contribution is 5.87. The number of carbonyl (C=O) groups is 1. The Morgan fingerprint density at radius 2 is 1.78 bits per heavy atom. The van der Waals surface area contributed by atoms with E-state index in [4.69, 9.17) is 0 Å². The number of piperidine rings is 1. The van der Waals surface area contributed by atoms with Crippen molar-refractivity contribution < 1.29 is 28.0 Å². The van der Waals surface area contributed by atoms with Gasteiger partial charge in [-0.15, -0.1) is 0 Å². The summed E-state index contributed by atoms with van der Waals surface area (Å²) in [7, 11) is 3.29.